The number of hydrogen-bond acceptors (Lipinski definition) is 4. The molecule has 1 aromatic rings. The van der Waals surface area contributed by atoms with Gasteiger partial charge in [-0.25, -0.2) is 9.18 Å². The van der Waals surface area contributed by atoms with E-state index in [0.717, 1.165) is 18.2 Å². The van der Waals surface area contributed by atoms with Crippen molar-refractivity contribution in [3.63, 3.8) is 0 Å². The van der Waals surface area contributed by atoms with Crippen LogP contribution in [0.5, 0.6) is 0 Å². The van der Waals surface area contributed by atoms with E-state index in [1.807, 2.05) is 0 Å². The first-order valence-corrected chi connectivity index (χ1v) is 5.12. The zero-order valence-electron chi connectivity index (χ0n) is 10.2. The predicted octanol–water partition coefficient (Wildman–Crippen LogP) is 3.08. The van der Waals surface area contributed by atoms with Crippen LogP contribution in [0.15, 0.2) is 18.2 Å². The Labute approximate surface area is 103 Å². The van der Waals surface area contributed by atoms with Gasteiger partial charge in [-0.2, -0.15) is 0 Å². The third-order valence-corrected chi connectivity index (χ3v) is 1.74. The van der Waals surface area contributed by atoms with Crippen molar-refractivity contribution in [1.82, 2.24) is 0 Å². The summed E-state index contributed by atoms with van der Waals surface area (Å²) in [5, 5.41) is 12.7. The van der Waals surface area contributed by atoms with Gasteiger partial charge in [0.1, 0.15) is 11.4 Å². The average molecular weight is 256 g/mol. The van der Waals surface area contributed by atoms with Gasteiger partial charge in [-0.3, -0.25) is 15.4 Å². The van der Waals surface area contributed by atoms with Crippen LogP contribution < -0.4 is 5.32 Å². The topological polar surface area (TPSA) is 81.5 Å². The number of halogens is 1. The van der Waals surface area contributed by atoms with Crippen molar-refractivity contribution in [2.45, 2.75) is 26.4 Å². The van der Waals surface area contributed by atoms with Crippen molar-refractivity contribution < 1.29 is 18.8 Å². The standard InChI is InChI=1S/C11H13FN2O4/c1-11(2,3)18-10(15)13-8-4-7(12)5-9(6-8)14(16)17/h4-6H,1-3H3,(H,13,15). The molecule has 1 aromatic carbocycles. The number of carbonyl (C=O) groups is 1. The highest BCUT2D eigenvalue weighted by Crippen LogP contribution is 2.20. The van der Waals surface area contributed by atoms with E-state index in [1.165, 1.54) is 0 Å². The number of ether oxygens (including phenoxy) is 1. The summed E-state index contributed by atoms with van der Waals surface area (Å²) in [6.45, 7) is 5.00. The SMILES string of the molecule is CC(C)(C)OC(=O)Nc1cc(F)cc([N+](=O)[O-])c1. The summed E-state index contributed by atoms with van der Waals surface area (Å²) in [6.07, 6.45) is -0.803. The molecule has 98 valence electrons. The summed E-state index contributed by atoms with van der Waals surface area (Å²) in [5.74, 6) is -0.810. The predicted molar refractivity (Wildman–Crippen MR) is 62.9 cm³/mol. The fourth-order valence-corrected chi connectivity index (χ4v) is 1.17. The van der Waals surface area contributed by atoms with Gasteiger partial charge in [-0.15, -0.1) is 0 Å². The average Bonchev–Trinajstić information content (AvgIpc) is 2.12. The Kier molecular flexibility index (Phi) is 3.85. The Morgan fingerprint density at radius 1 is 1.39 bits per heavy atom. The zero-order chi connectivity index (χ0) is 13.9. The van der Waals surface area contributed by atoms with E-state index in [1.54, 1.807) is 20.8 Å². The molecule has 0 atom stereocenters. The van der Waals surface area contributed by atoms with Crippen LogP contribution in [0.4, 0.5) is 20.6 Å². The Morgan fingerprint density at radius 3 is 2.50 bits per heavy atom. The number of rotatable bonds is 2. The zero-order valence-corrected chi connectivity index (χ0v) is 10.2. The second-order valence-corrected chi connectivity index (χ2v) is 4.58. The molecule has 18 heavy (non-hydrogen) atoms. The van der Waals surface area contributed by atoms with Crippen LogP contribution in [0, 0.1) is 15.9 Å². The van der Waals surface area contributed by atoms with Crippen LogP contribution >= 0.6 is 0 Å². The van der Waals surface area contributed by atoms with E-state index < -0.39 is 28.1 Å². The van der Waals surface area contributed by atoms with E-state index in [-0.39, 0.29) is 5.69 Å². The highest BCUT2D eigenvalue weighted by molar-refractivity contribution is 5.85. The molecule has 0 heterocycles. The Balaban J connectivity index is 2.85. The summed E-state index contributed by atoms with van der Waals surface area (Å²) in [7, 11) is 0. The van der Waals surface area contributed by atoms with Gasteiger partial charge in [0.2, 0.25) is 0 Å². The molecule has 0 fully saturated rings. The third kappa shape index (κ3) is 4.36. The maximum atomic E-state index is 13.1. The maximum Gasteiger partial charge on any atom is 0.412 e. The first-order chi connectivity index (χ1) is 8.17. The Bertz CT molecular complexity index is 482. The van der Waals surface area contributed by atoms with Crippen molar-refractivity contribution in [3.8, 4) is 0 Å². The van der Waals surface area contributed by atoms with Crippen molar-refractivity contribution >= 4 is 17.5 Å². The van der Waals surface area contributed by atoms with Gasteiger partial charge in [0, 0.05) is 6.07 Å². The number of benzene rings is 1. The molecule has 0 aliphatic carbocycles. The molecule has 0 aromatic heterocycles. The third-order valence-electron chi connectivity index (χ3n) is 1.74. The highest BCUT2D eigenvalue weighted by atomic mass is 19.1. The van der Waals surface area contributed by atoms with E-state index >= 15 is 0 Å². The molecule has 0 unspecified atom stereocenters. The largest absolute Gasteiger partial charge is 0.444 e. The lowest BCUT2D eigenvalue weighted by atomic mass is 10.2. The van der Waals surface area contributed by atoms with Gasteiger partial charge in [0.05, 0.1) is 16.7 Å². The van der Waals surface area contributed by atoms with Crippen LogP contribution in [-0.4, -0.2) is 16.6 Å². The summed E-state index contributed by atoms with van der Waals surface area (Å²) >= 11 is 0. The molecule has 6 nitrogen and oxygen atoms in total. The van der Waals surface area contributed by atoms with Gasteiger partial charge in [-0.05, 0) is 26.8 Å². The number of non-ortho nitro benzene ring substituents is 1. The second kappa shape index (κ2) is 4.99. The second-order valence-electron chi connectivity index (χ2n) is 4.58. The lowest BCUT2D eigenvalue weighted by Gasteiger charge is -2.19. The number of nitrogens with one attached hydrogen (secondary N) is 1. The summed E-state index contributed by atoms with van der Waals surface area (Å²) in [4.78, 5) is 21.2. The molecule has 7 heteroatoms. The minimum Gasteiger partial charge on any atom is -0.444 e. The number of amides is 1. The van der Waals surface area contributed by atoms with E-state index in [9.17, 15) is 19.3 Å². The summed E-state index contributed by atoms with van der Waals surface area (Å²) < 4.78 is 18.0. The number of nitro groups is 1. The van der Waals surface area contributed by atoms with Gasteiger partial charge >= 0.3 is 6.09 Å². The number of anilines is 1. The first-order valence-electron chi connectivity index (χ1n) is 5.12. The summed E-state index contributed by atoms with van der Waals surface area (Å²) in [5.41, 5.74) is -1.18. The molecule has 0 radical (unpaired) electrons. The highest BCUT2D eigenvalue weighted by Gasteiger charge is 2.17. The number of nitrogens with zero attached hydrogens (tertiary/aromatic N) is 1. The lowest BCUT2D eigenvalue weighted by Crippen LogP contribution is -2.27. The molecule has 0 saturated heterocycles. The lowest BCUT2D eigenvalue weighted by molar-refractivity contribution is -0.385. The normalized spacial score (nSPS) is 10.9. The van der Waals surface area contributed by atoms with Gasteiger partial charge in [-0.1, -0.05) is 0 Å². The fraction of sp³-hybridized carbons (Fsp3) is 0.364. The maximum absolute atomic E-state index is 13.1. The number of nitro benzene ring substituents is 1. The minimum atomic E-state index is -0.810. The molecule has 0 saturated carbocycles. The van der Waals surface area contributed by atoms with Crippen LogP contribution in [-0.2, 0) is 4.74 Å². The molecule has 0 aliphatic heterocycles. The molecular weight excluding hydrogens is 243 g/mol. The van der Waals surface area contributed by atoms with Crippen molar-refractivity contribution in [2.75, 3.05) is 5.32 Å². The molecular formula is C11H13FN2O4. The molecule has 0 spiro atoms. The van der Waals surface area contributed by atoms with Crippen molar-refractivity contribution in [2.24, 2.45) is 0 Å². The Hall–Kier alpha value is -2.18. The minimum absolute atomic E-state index is 0.0315. The van der Waals surface area contributed by atoms with Gasteiger partial charge in [0.25, 0.3) is 5.69 Å². The van der Waals surface area contributed by atoms with Gasteiger partial charge in [0.15, 0.2) is 0 Å². The van der Waals surface area contributed by atoms with E-state index in [4.69, 9.17) is 4.74 Å². The summed E-state index contributed by atoms with van der Waals surface area (Å²) in [6, 6.07) is 2.78. The van der Waals surface area contributed by atoms with Crippen LogP contribution in [0.2, 0.25) is 0 Å². The van der Waals surface area contributed by atoms with Gasteiger partial charge < -0.3 is 4.74 Å². The van der Waals surface area contributed by atoms with Crippen LogP contribution in [0.3, 0.4) is 0 Å². The molecule has 1 N–H and O–H groups in total. The van der Waals surface area contributed by atoms with Crippen molar-refractivity contribution in [3.05, 3.63) is 34.1 Å². The fourth-order valence-electron chi connectivity index (χ4n) is 1.17. The van der Waals surface area contributed by atoms with Crippen LogP contribution in [0.25, 0.3) is 0 Å². The molecule has 1 rings (SSSR count). The number of carbonyl (C=O) groups excluding carboxylic acids is 1. The smallest absolute Gasteiger partial charge is 0.412 e. The van der Waals surface area contributed by atoms with E-state index in [0.29, 0.717) is 0 Å². The molecule has 0 bridgehead atoms. The number of hydrogen-bond donors (Lipinski definition) is 1. The first kappa shape index (κ1) is 13.9. The van der Waals surface area contributed by atoms with E-state index in [2.05, 4.69) is 5.32 Å². The van der Waals surface area contributed by atoms with Crippen LogP contribution in [0.1, 0.15) is 20.8 Å². The monoisotopic (exact) mass is 256 g/mol. The quantitative estimate of drug-likeness (QED) is 0.651. The Morgan fingerprint density at radius 2 is 2.00 bits per heavy atom. The van der Waals surface area contributed by atoms with Crippen molar-refractivity contribution in [1.29, 1.82) is 0 Å². The molecule has 0 aliphatic rings. The molecule has 1 amide bonds.